The van der Waals surface area contributed by atoms with Gasteiger partial charge in [0.2, 0.25) is 5.91 Å². The van der Waals surface area contributed by atoms with Crippen LogP contribution >= 0.6 is 11.8 Å². The largest absolute Gasteiger partial charge is 0.350 e. The van der Waals surface area contributed by atoms with E-state index in [9.17, 15) is 13.2 Å². The number of rotatable bonds is 8. The van der Waals surface area contributed by atoms with Crippen LogP contribution in [0.15, 0.2) is 59.5 Å². The maximum atomic E-state index is 12.0. The van der Waals surface area contributed by atoms with Crippen LogP contribution in [0.5, 0.6) is 0 Å². The van der Waals surface area contributed by atoms with Crippen LogP contribution in [0, 0.1) is 0 Å². The van der Waals surface area contributed by atoms with Gasteiger partial charge in [0, 0.05) is 24.2 Å². The van der Waals surface area contributed by atoms with Crippen molar-refractivity contribution in [3.63, 3.8) is 0 Å². The third-order valence-electron chi connectivity index (χ3n) is 3.77. The van der Waals surface area contributed by atoms with Crippen molar-refractivity contribution in [1.29, 1.82) is 0 Å². The van der Waals surface area contributed by atoms with Crippen LogP contribution < -0.4 is 5.32 Å². The van der Waals surface area contributed by atoms with Crippen LogP contribution in [0.2, 0.25) is 0 Å². The van der Waals surface area contributed by atoms with Gasteiger partial charge in [0.15, 0.2) is 9.84 Å². The second-order valence-corrected chi connectivity index (χ2v) is 9.04. The summed E-state index contributed by atoms with van der Waals surface area (Å²) in [6.45, 7) is 1.89. The molecule has 2 rings (SSSR count). The zero-order valence-electron chi connectivity index (χ0n) is 14.4. The number of carbonyl (C=O) groups is 1. The first-order valence-electron chi connectivity index (χ1n) is 8.07. The van der Waals surface area contributed by atoms with Crippen LogP contribution in [-0.2, 0) is 20.4 Å². The minimum atomic E-state index is -3.20. The number of sulfone groups is 1. The molecule has 0 spiro atoms. The lowest BCUT2D eigenvalue weighted by Gasteiger charge is -2.14. The van der Waals surface area contributed by atoms with E-state index in [0.29, 0.717) is 6.42 Å². The normalized spacial score (nSPS) is 12.6. The van der Waals surface area contributed by atoms with Crippen molar-refractivity contribution in [3.05, 3.63) is 65.7 Å². The van der Waals surface area contributed by atoms with E-state index in [2.05, 4.69) is 17.4 Å². The third kappa shape index (κ3) is 6.55. The smallest absolute Gasteiger partial charge is 0.221 e. The van der Waals surface area contributed by atoms with Crippen LogP contribution in [-0.4, -0.2) is 26.3 Å². The van der Waals surface area contributed by atoms with Gasteiger partial charge in [-0.3, -0.25) is 4.79 Å². The van der Waals surface area contributed by atoms with Gasteiger partial charge in [-0.15, -0.1) is 0 Å². The number of benzene rings is 2. The molecule has 134 valence electrons. The number of carbonyl (C=O) groups excluding carboxylic acids is 1. The molecule has 0 aromatic heterocycles. The van der Waals surface area contributed by atoms with Crippen molar-refractivity contribution in [2.75, 3.05) is 12.0 Å². The molecule has 1 unspecified atom stereocenters. The molecule has 25 heavy (non-hydrogen) atoms. The summed E-state index contributed by atoms with van der Waals surface area (Å²) >= 11 is 1.73. The molecule has 0 heterocycles. The van der Waals surface area contributed by atoms with Crippen molar-refractivity contribution in [3.8, 4) is 0 Å². The molecule has 1 amide bonds. The van der Waals surface area contributed by atoms with Gasteiger partial charge in [-0.25, -0.2) is 8.42 Å². The highest BCUT2D eigenvalue weighted by Crippen LogP contribution is 2.17. The summed E-state index contributed by atoms with van der Waals surface area (Å²) in [5, 5.41) is 2.95. The molecule has 2 aromatic carbocycles. The molecular formula is C19H23NO3S2. The molecule has 6 heteroatoms. The fourth-order valence-corrected chi connectivity index (χ4v) is 3.86. The number of hydrogen-bond acceptors (Lipinski definition) is 4. The van der Waals surface area contributed by atoms with E-state index < -0.39 is 9.84 Å². The average Bonchev–Trinajstić information content (AvgIpc) is 2.59. The molecule has 0 aliphatic heterocycles. The Balaban J connectivity index is 1.76. The molecule has 0 bridgehead atoms. The molecule has 2 aromatic rings. The van der Waals surface area contributed by atoms with Crippen molar-refractivity contribution < 1.29 is 13.2 Å². The van der Waals surface area contributed by atoms with E-state index in [4.69, 9.17) is 0 Å². The minimum Gasteiger partial charge on any atom is -0.350 e. The van der Waals surface area contributed by atoms with E-state index >= 15 is 0 Å². The summed E-state index contributed by atoms with van der Waals surface area (Å²) in [6, 6.07) is 16.7. The van der Waals surface area contributed by atoms with Gasteiger partial charge < -0.3 is 5.32 Å². The van der Waals surface area contributed by atoms with Gasteiger partial charge >= 0.3 is 0 Å². The van der Waals surface area contributed by atoms with Crippen LogP contribution in [0.3, 0.4) is 0 Å². The lowest BCUT2D eigenvalue weighted by molar-refractivity contribution is -0.121. The van der Waals surface area contributed by atoms with Gasteiger partial charge in [-0.1, -0.05) is 42.5 Å². The van der Waals surface area contributed by atoms with Gasteiger partial charge in [0.25, 0.3) is 0 Å². The predicted molar refractivity (Wildman–Crippen MR) is 103 cm³/mol. The Labute approximate surface area is 154 Å². The molecule has 4 nitrogen and oxygen atoms in total. The summed E-state index contributed by atoms with van der Waals surface area (Å²) in [5.74, 6) is 1.66. The number of nitrogens with one attached hydrogen (secondary N) is 1. The van der Waals surface area contributed by atoms with Crippen molar-refractivity contribution in [2.45, 2.75) is 30.0 Å². The van der Waals surface area contributed by atoms with Gasteiger partial charge in [-0.2, -0.15) is 11.8 Å². The molecule has 0 radical (unpaired) electrons. The molecule has 0 saturated carbocycles. The van der Waals surface area contributed by atoms with E-state index in [1.54, 1.807) is 36.0 Å². The highest BCUT2D eigenvalue weighted by Gasteiger charge is 2.11. The highest BCUT2D eigenvalue weighted by molar-refractivity contribution is 7.98. The van der Waals surface area contributed by atoms with Gasteiger partial charge in [-0.05, 0) is 30.2 Å². The monoisotopic (exact) mass is 377 g/mol. The van der Waals surface area contributed by atoms with Crippen molar-refractivity contribution in [1.82, 2.24) is 5.32 Å². The summed E-state index contributed by atoms with van der Waals surface area (Å²) in [6.07, 6.45) is 1.64. The fraction of sp³-hybridized carbons (Fsp3) is 0.316. The fourth-order valence-electron chi connectivity index (χ4n) is 2.33. The van der Waals surface area contributed by atoms with Gasteiger partial charge in [0.1, 0.15) is 0 Å². The third-order valence-corrected chi connectivity index (χ3v) is 5.93. The first kappa shape index (κ1) is 19.5. The Bertz CT molecular complexity index is 787. The van der Waals surface area contributed by atoms with E-state index in [1.165, 1.54) is 11.8 Å². The Hall–Kier alpha value is -1.79. The van der Waals surface area contributed by atoms with Crippen LogP contribution in [0.1, 0.15) is 30.5 Å². The Morgan fingerprint density at radius 1 is 1.08 bits per heavy atom. The molecule has 1 atom stereocenters. The number of thioether (sulfide) groups is 1. The first-order valence-corrected chi connectivity index (χ1v) is 11.1. The van der Waals surface area contributed by atoms with Crippen LogP contribution in [0.4, 0.5) is 0 Å². The Morgan fingerprint density at radius 3 is 2.32 bits per heavy atom. The molecule has 1 N–H and O–H groups in total. The minimum absolute atomic E-state index is 0.000233. The lowest BCUT2D eigenvalue weighted by atomic mass is 10.1. The molecule has 0 aliphatic rings. The Morgan fingerprint density at radius 2 is 1.72 bits per heavy atom. The van der Waals surface area contributed by atoms with Crippen LogP contribution in [0.25, 0.3) is 0 Å². The van der Waals surface area contributed by atoms with E-state index in [-0.39, 0.29) is 16.8 Å². The average molecular weight is 378 g/mol. The maximum absolute atomic E-state index is 12.0. The molecular weight excluding hydrogens is 354 g/mol. The number of hydrogen-bond donors (Lipinski definition) is 1. The zero-order chi connectivity index (χ0) is 18.3. The summed E-state index contributed by atoms with van der Waals surface area (Å²) in [7, 11) is -3.20. The first-order chi connectivity index (χ1) is 11.9. The summed E-state index contributed by atoms with van der Waals surface area (Å²) in [5.41, 5.74) is 2.14. The van der Waals surface area contributed by atoms with Gasteiger partial charge in [0.05, 0.1) is 10.9 Å². The second-order valence-electron chi connectivity index (χ2n) is 5.92. The standard InChI is InChI=1S/C19H23NO3S2/c1-15(17-8-10-18(11-9-17)25(2,22)23)20-19(21)12-13-24-14-16-6-4-3-5-7-16/h3-11,15H,12-14H2,1-2H3,(H,20,21). The van der Waals surface area contributed by atoms with E-state index in [0.717, 1.165) is 17.1 Å². The molecule has 0 fully saturated rings. The molecule has 0 aliphatic carbocycles. The van der Waals surface area contributed by atoms with Crippen molar-refractivity contribution in [2.24, 2.45) is 0 Å². The SMILES string of the molecule is CC(NC(=O)CCSCc1ccccc1)c1ccc(S(C)(=O)=O)cc1. The maximum Gasteiger partial charge on any atom is 0.221 e. The number of amides is 1. The lowest BCUT2D eigenvalue weighted by Crippen LogP contribution is -2.26. The highest BCUT2D eigenvalue weighted by atomic mass is 32.2. The second kappa shape index (κ2) is 9.06. The Kier molecular flexibility index (Phi) is 7.08. The quantitative estimate of drug-likeness (QED) is 0.714. The topological polar surface area (TPSA) is 63.2 Å². The molecule has 0 saturated heterocycles. The van der Waals surface area contributed by atoms with Crippen molar-refractivity contribution >= 4 is 27.5 Å². The van der Waals surface area contributed by atoms with E-state index in [1.807, 2.05) is 25.1 Å². The predicted octanol–water partition coefficient (Wildman–Crippen LogP) is 3.59. The summed E-state index contributed by atoms with van der Waals surface area (Å²) < 4.78 is 22.9. The zero-order valence-corrected chi connectivity index (χ0v) is 16.1. The summed E-state index contributed by atoms with van der Waals surface area (Å²) in [4.78, 5) is 12.3.